The van der Waals surface area contributed by atoms with Crippen LogP contribution in [-0.2, 0) is 6.54 Å². The summed E-state index contributed by atoms with van der Waals surface area (Å²) < 4.78 is 5.13. The largest absolute Gasteiger partial charge is 0.472 e. The van der Waals surface area contributed by atoms with Crippen molar-refractivity contribution in [2.24, 2.45) is 5.92 Å². The summed E-state index contributed by atoms with van der Waals surface area (Å²) in [7, 11) is 0. The third kappa shape index (κ3) is 3.62. The van der Waals surface area contributed by atoms with Crippen molar-refractivity contribution in [3.05, 3.63) is 54.0 Å². The number of benzene rings is 1. The highest BCUT2D eigenvalue weighted by atomic mass is 32.2. The molecule has 2 heterocycles. The van der Waals surface area contributed by atoms with E-state index in [0.717, 1.165) is 38.0 Å². The minimum atomic E-state index is 0.112. The number of nitrogens with zero attached hydrogens (tertiary/aromatic N) is 1. The summed E-state index contributed by atoms with van der Waals surface area (Å²) in [5.41, 5.74) is 2.02. The number of rotatable bonds is 5. The highest BCUT2D eigenvalue weighted by Crippen LogP contribution is 2.23. The second-order valence-corrected chi connectivity index (χ2v) is 6.68. The van der Waals surface area contributed by atoms with E-state index in [1.165, 1.54) is 10.5 Å². The van der Waals surface area contributed by atoms with Crippen LogP contribution in [0.15, 0.2) is 52.2 Å². The van der Waals surface area contributed by atoms with Gasteiger partial charge in [0.05, 0.1) is 12.5 Å². The Morgan fingerprint density at radius 2 is 2.14 bits per heavy atom. The Morgan fingerprint density at radius 1 is 1.32 bits per heavy atom. The van der Waals surface area contributed by atoms with Crippen molar-refractivity contribution in [3.63, 3.8) is 0 Å². The average Bonchev–Trinajstić information content (AvgIpc) is 3.07. The van der Waals surface area contributed by atoms with Crippen LogP contribution >= 0.6 is 11.8 Å². The maximum atomic E-state index is 12.7. The van der Waals surface area contributed by atoms with Crippen LogP contribution in [-0.4, -0.2) is 30.0 Å². The summed E-state index contributed by atoms with van der Waals surface area (Å²) in [4.78, 5) is 16.2. The summed E-state index contributed by atoms with van der Waals surface area (Å²) in [5.74, 6) is 0.394. The van der Waals surface area contributed by atoms with Gasteiger partial charge in [-0.25, -0.2) is 0 Å². The fraction of sp³-hybridized carbons (Fsp3) is 0.389. The van der Waals surface area contributed by atoms with Gasteiger partial charge in [-0.15, -0.1) is 11.8 Å². The van der Waals surface area contributed by atoms with Crippen LogP contribution in [0, 0.1) is 5.92 Å². The average molecular weight is 315 g/mol. The number of carbonyl (C=O) groups is 1. The van der Waals surface area contributed by atoms with Crippen molar-refractivity contribution < 1.29 is 9.21 Å². The van der Waals surface area contributed by atoms with Crippen LogP contribution in [0.1, 0.15) is 28.8 Å². The number of carbonyl (C=O) groups excluding carboxylic acids is 1. The first-order chi connectivity index (χ1) is 10.8. The number of ketones is 1. The number of thioether (sulfide) groups is 1. The van der Waals surface area contributed by atoms with Gasteiger partial charge in [0.25, 0.3) is 0 Å². The van der Waals surface area contributed by atoms with E-state index in [4.69, 9.17) is 4.42 Å². The summed E-state index contributed by atoms with van der Waals surface area (Å²) in [6.07, 6.45) is 7.61. The van der Waals surface area contributed by atoms with E-state index in [1.54, 1.807) is 24.3 Å². The Labute approximate surface area is 135 Å². The minimum absolute atomic E-state index is 0.112. The van der Waals surface area contributed by atoms with E-state index in [9.17, 15) is 4.79 Å². The Hall–Kier alpha value is -1.52. The van der Waals surface area contributed by atoms with Gasteiger partial charge in [-0.3, -0.25) is 9.69 Å². The molecule has 0 amide bonds. The van der Waals surface area contributed by atoms with Crippen molar-refractivity contribution in [3.8, 4) is 0 Å². The van der Waals surface area contributed by atoms with E-state index >= 15 is 0 Å². The first-order valence-electron chi connectivity index (χ1n) is 7.68. The van der Waals surface area contributed by atoms with Crippen LogP contribution < -0.4 is 0 Å². The van der Waals surface area contributed by atoms with Gasteiger partial charge in [0.1, 0.15) is 0 Å². The molecule has 0 unspecified atom stereocenters. The van der Waals surface area contributed by atoms with Gasteiger partial charge in [-0.1, -0.05) is 12.1 Å². The van der Waals surface area contributed by atoms with Crippen molar-refractivity contribution >= 4 is 17.5 Å². The number of Topliss-reactive ketones (excluding diaryl/α,β-unsaturated/α-hetero) is 1. The monoisotopic (exact) mass is 315 g/mol. The fourth-order valence-corrected chi connectivity index (χ4v) is 3.45. The molecule has 0 saturated carbocycles. The van der Waals surface area contributed by atoms with Gasteiger partial charge in [-0.05, 0) is 43.8 Å². The number of likely N-dealkylation sites (tertiary alicyclic amines) is 1. The van der Waals surface area contributed by atoms with Gasteiger partial charge >= 0.3 is 0 Å². The lowest BCUT2D eigenvalue weighted by Gasteiger charge is -2.31. The van der Waals surface area contributed by atoms with Crippen LogP contribution in [0.2, 0.25) is 0 Å². The molecule has 3 nitrogen and oxygen atoms in total. The molecule has 2 aromatic rings. The lowest BCUT2D eigenvalue weighted by Crippen LogP contribution is -2.38. The van der Waals surface area contributed by atoms with Crippen molar-refractivity contribution in [2.45, 2.75) is 24.3 Å². The number of hydrogen-bond donors (Lipinski definition) is 0. The number of hydrogen-bond acceptors (Lipinski definition) is 4. The molecule has 4 heteroatoms. The molecule has 1 atom stereocenters. The quantitative estimate of drug-likeness (QED) is 0.614. The Balaban J connectivity index is 1.64. The van der Waals surface area contributed by atoms with Gasteiger partial charge in [-0.2, -0.15) is 0 Å². The molecule has 1 aromatic heterocycles. The molecule has 1 fully saturated rings. The summed E-state index contributed by atoms with van der Waals surface area (Å²) in [6, 6.07) is 9.98. The first-order valence-corrected chi connectivity index (χ1v) is 8.90. The van der Waals surface area contributed by atoms with Gasteiger partial charge in [0, 0.05) is 35.0 Å². The standard InChI is InChI=1S/C18H21NO2S/c1-22-17-6-4-15(5-7-17)18(20)16-3-2-9-19(12-16)11-14-8-10-21-13-14/h4-8,10,13,16H,2-3,9,11-12H2,1H3/t16-/m0/s1. The Kier molecular flexibility index (Phi) is 5.01. The molecular weight excluding hydrogens is 294 g/mol. The zero-order valence-corrected chi connectivity index (χ0v) is 13.6. The zero-order valence-electron chi connectivity index (χ0n) is 12.8. The molecular formula is C18H21NO2S. The maximum absolute atomic E-state index is 12.7. The lowest BCUT2D eigenvalue weighted by atomic mass is 9.90. The van der Waals surface area contributed by atoms with Crippen LogP contribution in [0.3, 0.4) is 0 Å². The molecule has 22 heavy (non-hydrogen) atoms. The highest BCUT2D eigenvalue weighted by molar-refractivity contribution is 7.98. The van der Waals surface area contributed by atoms with Gasteiger partial charge < -0.3 is 4.42 Å². The van der Waals surface area contributed by atoms with E-state index in [0.29, 0.717) is 0 Å². The first kappa shape index (κ1) is 15.4. The lowest BCUT2D eigenvalue weighted by molar-refractivity contribution is 0.0811. The van der Waals surface area contributed by atoms with Gasteiger partial charge in [0.15, 0.2) is 5.78 Å². The molecule has 0 radical (unpaired) electrons. The van der Waals surface area contributed by atoms with Crippen LogP contribution in [0.5, 0.6) is 0 Å². The summed E-state index contributed by atoms with van der Waals surface area (Å²) >= 11 is 1.70. The van der Waals surface area contributed by atoms with Crippen LogP contribution in [0.25, 0.3) is 0 Å². The van der Waals surface area contributed by atoms with Crippen molar-refractivity contribution in [1.82, 2.24) is 4.90 Å². The predicted octanol–water partition coefficient (Wildman–Crippen LogP) is 4.10. The normalized spacial score (nSPS) is 19.2. The molecule has 0 bridgehead atoms. The minimum Gasteiger partial charge on any atom is -0.472 e. The molecule has 1 saturated heterocycles. The summed E-state index contributed by atoms with van der Waals surface area (Å²) in [6.45, 7) is 2.76. The SMILES string of the molecule is CSc1ccc(C(=O)[C@H]2CCCN(Cc3ccoc3)C2)cc1. The van der Waals surface area contributed by atoms with E-state index in [-0.39, 0.29) is 11.7 Å². The topological polar surface area (TPSA) is 33.5 Å². The third-order valence-electron chi connectivity index (χ3n) is 4.24. The highest BCUT2D eigenvalue weighted by Gasteiger charge is 2.26. The molecule has 0 N–H and O–H groups in total. The molecule has 0 aliphatic carbocycles. The Bertz CT molecular complexity index is 607. The molecule has 1 aliphatic heterocycles. The third-order valence-corrected chi connectivity index (χ3v) is 4.98. The number of piperidine rings is 1. The molecule has 116 valence electrons. The molecule has 3 rings (SSSR count). The molecule has 1 aromatic carbocycles. The maximum Gasteiger partial charge on any atom is 0.167 e. The zero-order chi connectivity index (χ0) is 15.4. The van der Waals surface area contributed by atoms with Crippen LogP contribution in [0.4, 0.5) is 0 Å². The number of furan rings is 1. The predicted molar refractivity (Wildman–Crippen MR) is 89.3 cm³/mol. The molecule has 0 spiro atoms. The van der Waals surface area contributed by atoms with E-state index in [2.05, 4.69) is 4.90 Å². The second kappa shape index (κ2) is 7.16. The smallest absolute Gasteiger partial charge is 0.167 e. The van der Waals surface area contributed by atoms with Crippen molar-refractivity contribution in [1.29, 1.82) is 0 Å². The van der Waals surface area contributed by atoms with Gasteiger partial charge in [0.2, 0.25) is 0 Å². The second-order valence-electron chi connectivity index (χ2n) is 5.80. The molecule has 1 aliphatic rings. The Morgan fingerprint density at radius 3 is 2.82 bits per heavy atom. The fourth-order valence-electron chi connectivity index (χ4n) is 3.04. The summed E-state index contributed by atoms with van der Waals surface area (Å²) in [5, 5.41) is 0. The van der Waals surface area contributed by atoms with Crippen molar-refractivity contribution in [2.75, 3.05) is 19.3 Å². The van der Waals surface area contributed by atoms with E-state index < -0.39 is 0 Å². The van der Waals surface area contributed by atoms with E-state index in [1.807, 2.05) is 36.6 Å².